The average molecular weight is 383 g/mol. The van der Waals surface area contributed by atoms with Gasteiger partial charge in [0, 0.05) is 5.69 Å². The number of anilines is 1. The smallest absolute Gasteiger partial charge is 0.247 e. The minimum absolute atomic E-state index is 0.184. The molecule has 1 aromatic rings. The van der Waals surface area contributed by atoms with Crippen molar-refractivity contribution in [2.45, 2.75) is 58.9 Å². The summed E-state index contributed by atoms with van der Waals surface area (Å²) in [6, 6.07) is 7.01. The molecule has 3 atom stereocenters. The molecule has 150 valence electrons. The van der Waals surface area contributed by atoms with E-state index in [9.17, 15) is 14.4 Å². The predicted octanol–water partition coefficient (Wildman–Crippen LogP) is 3.94. The third-order valence-electron chi connectivity index (χ3n) is 5.61. The first-order valence-electron chi connectivity index (χ1n) is 10.3. The van der Waals surface area contributed by atoms with Gasteiger partial charge in [0.05, 0.1) is 11.8 Å². The minimum Gasteiger partial charge on any atom is -0.324 e. The van der Waals surface area contributed by atoms with Crippen LogP contribution in [0.5, 0.6) is 0 Å². The second-order valence-corrected chi connectivity index (χ2v) is 8.28. The summed E-state index contributed by atoms with van der Waals surface area (Å²) in [5.41, 5.74) is 1.91. The topological polar surface area (TPSA) is 66.5 Å². The Balaban J connectivity index is 1.78. The van der Waals surface area contributed by atoms with Crippen molar-refractivity contribution in [1.29, 1.82) is 0 Å². The van der Waals surface area contributed by atoms with Crippen LogP contribution in [0.3, 0.4) is 0 Å². The largest absolute Gasteiger partial charge is 0.324 e. The van der Waals surface area contributed by atoms with Crippen molar-refractivity contribution in [2.75, 3.05) is 5.32 Å². The fourth-order valence-electron chi connectivity index (χ4n) is 4.18. The van der Waals surface area contributed by atoms with Crippen LogP contribution in [0.15, 0.2) is 36.4 Å². The Morgan fingerprint density at radius 2 is 1.64 bits per heavy atom. The van der Waals surface area contributed by atoms with Gasteiger partial charge < -0.3 is 5.32 Å². The van der Waals surface area contributed by atoms with Crippen LogP contribution in [0.4, 0.5) is 5.69 Å². The van der Waals surface area contributed by atoms with Gasteiger partial charge in [-0.1, -0.05) is 51.5 Å². The van der Waals surface area contributed by atoms with E-state index in [0.717, 1.165) is 12.8 Å². The molecular formula is C23H30N2O3. The average Bonchev–Trinajstić information content (AvgIpc) is 2.92. The summed E-state index contributed by atoms with van der Waals surface area (Å²) in [7, 11) is 0. The molecule has 3 amide bonds. The van der Waals surface area contributed by atoms with E-state index >= 15 is 0 Å². The Morgan fingerprint density at radius 1 is 1.07 bits per heavy atom. The molecule has 0 spiro atoms. The lowest BCUT2D eigenvalue weighted by Crippen LogP contribution is -2.48. The lowest BCUT2D eigenvalue weighted by Gasteiger charge is -2.27. The Hall–Kier alpha value is -2.43. The molecule has 1 saturated heterocycles. The van der Waals surface area contributed by atoms with Gasteiger partial charge in [0.25, 0.3) is 0 Å². The standard InChI is InChI=1S/C23H30N2O3/c1-4-7-16-10-12-17(13-11-16)24-21(26)20(14-15(2)3)25-22(27)18-8-5-6-9-19(18)23(25)28/h5-6,10-13,15,18-20H,4,7-9,14H2,1-3H3,(H,24,26). The van der Waals surface area contributed by atoms with Crippen molar-refractivity contribution in [1.82, 2.24) is 4.90 Å². The molecule has 5 heteroatoms. The number of carbonyl (C=O) groups is 3. The number of allylic oxidation sites excluding steroid dienone is 2. The van der Waals surface area contributed by atoms with Crippen molar-refractivity contribution in [3.8, 4) is 0 Å². The lowest BCUT2D eigenvalue weighted by atomic mass is 9.85. The number of nitrogens with zero attached hydrogens (tertiary/aromatic N) is 1. The van der Waals surface area contributed by atoms with Gasteiger partial charge in [0.1, 0.15) is 6.04 Å². The molecule has 1 aliphatic carbocycles. The van der Waals surface area contributed by atoms with Crippen LogP contribution in [-0.2, 0) is 20.8 Å². The lowest BCUT2D eigenvalue weighted by molar-refractivity contribution is -0.147. The van der Waals surface area contributed by atoms with Crippen LogP contribution < -0.4 is 5.32 Å². The summed E-state index contributed by atoms with van der Waals surface area (Å²) in [4.78, 5) is 40.2. The third kappa shape index (κ3) is 4.18. The van der Waals surface area contributed by atoms with Crippen LogP contribution in [0.1, 0.15) is 52.0 Å². The molecule has 3 rings (SSSR count). The molecule has 1 aromatic carbocycles. The number of likely N-dealkylation sites (tertiary alicyclic amines) is 1. The van der Waals surface area contributed by atoms with Crippen LogP contribution >= 0.6 is 0 Å². The van der Waals surface area contributed by atoms with Gasteiger partial charge in [-0.05, 0) is 49.3 Å². The van der Waals surface area contributed by atoms with Gasteiger partial charge in [0.15, 0.2) is 0 Å². The van der Waals surface area contributed by atoms with E-state index in [4.69, 9.17) is 0 Å². The molecular weight excluding hydrogens is 352 g/mol. The van der Waals surface area contributed by atoms with Gasteiger partial charge in [0.2, 0.25) is 17.7 Å². The first-order valence-corrected chi connectivity index (χ1v) is 10.3. The van der Waals surface area contributed by atoms with E-state index in [2.05, 4.69) is 12.2 Å². The van der Waals surface area contributed by atoms with E-state index in [1.165, 1.54) is 10.5 Å². The molecule has 0 bridgehead atoms. The molecule has 28 heavy (non-hydrogen) atoms. The minimum atomic E-state index is -0.763. The van der Waals surface area contributed by atoms with Crippen LogP contribution in [0.25, 0.3) is 0 Å². The zero-order valence-corrected chi connectivity index (χ0v) is 17.0. The molecule has 1 aliphatic heterocycles. The fourth-order valence-corrected chi connectivity index (χ4v) is 4.18. The molecule has 0 radical (unpaired) electrons. The van der Waals surface area contributed by atoms with Crippen molar-refractivity contribution >= 4 is 23.4 Å². The van der Waals surface area contributed by atoms with Crippen LogP contribution in [0, 0.1) is 17.8 Å². The summed E-state index contributed by atoms with van der Waals surface area (Å²) in [6.45, 7) is 6.13. The number of hydrogen-bond acceptors (Lipinski definition) is 3. The number of aryl methyl sites for hydroxylation is 1. The highest BCUT2D eigenvalue weighted by atomic mass is 16.2. The highest BCUT2D eigenvalue weighted by Gasteiger charge is 2.51. The summed E-state index contributed by atoms with van der Waals surface area (Å²) in [5, 5.41) is 2.92. The number of nitrogens with one attached hydrogen (secondary N) is 1. The Labute approximate surface area is 167 Å². The molecule has 0 aromatic heterocycles. The SMILES string of the molecule is CCCc1ccc(NC(=O)C(CC(C)C)N2C(=O)C3CC=CCC3C2=O)cc1. The number of carbonyl (C=O) groups excluding carboxylic acids is 3. The number of hydrogen-bond donors (Lipinski definition) is 1. The maximum Gasteiger partial charge on any atom is 0.247 e. The first kappa shape index (κ1) is 20.3. The number of rotatable bonds is 7. The monoisotopic (exact) mass is 382 g/mol. The fraction of sp³-hybridized carbons (Fsp3) is 0.522. The Bertz CT molecular complexity index is 741. The molecule has 1 N–H and O–H groups in total. The van der Waals surface area contributed by atoms with Gasteiger partial charge >= 0.3 is 0 Å². The highest BCUT2D eigenvalue weighted by molar-refractivity contribution is 6.10. The van der Waals surface area contributed by atoms with Crippen molar-refractivity contribution in [3.63, 3.8) is 0 Å². The van der Waals surface area contributed by atoms with Crippen molar-refractivity contribution < 1.29 is 14.4 Å². The Kier molecular flexibility index (Phi) is 6.32. The first-order chi connectivity index (χ1) is 13.4. The van der Waals surface area contributed by atoms with Crippen molar-refractivity contribution in [2.24, 2.45) is 17.8 Å². The predicted molar refractivity (Wildman–Crippen MR) is 110 cm³/mol. The third-order valence-corrected chi connectivity index (χ3v) is 5.61. The molecule has 5 nitrogen and oxygen atoms in total. The number of fused-ring (bicyclic) bond motifs is 1. The van der Waals surface area contributed by atoms with E-state index in [-0.39, 0.29) is 35.5 Å². The number of amides is 3. The van der Waals surface area contributed by atoms with Crippen LogP contribution in [0.2, 0.25) is 0 Å². The van der Waals surface area contributed by atoms with E-state index in [0.29, 0.717) is 24.9 Å². The van der Waals surface area contributed by atoms with E-state index < -0.39 is 6.04 Å². The molecule has 2 aliphatic rings. The van der Waals surface area contributed by atoms with E-state index in [1.807, 2.05) is 50.3 Å². The maximum atomic E-state index is 13.1. The highest BCUT2D eigenvalue weighted by Crippen LogP contribution is 2.37. The molecule has 0 saturated carbocycles. The zero-order chi connectivity index (χ0) is 20.3. The van der Waals surface area contributed by atoms with E-state index in [1.54, 1.807) is 0 Å². The van der Waals surface area contributed by atoms with Crippen LogP contribution in [-0.4, -0.2) is 28.7 Å². The van der Waals surface area contributed by atoms with Gasteiger partial charge in [-0.3, -0.25) is 19.3 Å². The van der Waals surface area contributed by atoms with Gasteiger partial charge in [-0.15, -0.1) is 0 Å². The maximum absolute atomic E-state index is 13.1. The molecule has 1 fully saturated rings. The van der Waals surface area contributed by atoms with Gasteiger partial charge in [-0.2, -0.15) is 0 Å². The zero-order valence-electron chi connectivity index (χ0n) is 17.0. The summed E-state index contributed by atoms with van der Waals surface area (Å²) < 4.78 is 0. The second kappa shape index (κ2) is 8.72. The quantitative estimate of drug-likeness (QED) is 0.574. The molecule has 3 unspecified atom stereocenters. The molecule has 1 heterocycles. The Morgan fingerprint density at radius 3 is 2.14 bits per heavy atom. The number of benzene rings is 1. The summed E-state index contributed by atoms with van der Waals surface area (Å²) in [6.07, 6.45) is 7.62. The second-order valence-electron chi connectivity index (χ2n) is 8.28. The summed E-state index contributed by atoms with van der Waals surface area (Å²) in [5.74, 6) is -1.12. The van der Waals surface area contributed by atoms with Gasteiger partial charge in [-0.25, -0.2) is 0 Å². The summed E-state index contributed by atoms with van der Waals surface area (Å²) >= 11 is 0. The normalized spacial score (nSPS) is 22.5. The number of imide groups is 1. The van der Waals surface area contributed by atoms with Crippen molar-refractivity contribution in [3.05, 3.63) is 42.0 Å².